The standard InChI is InChI=1S/C102H60N2O2/c1-3-20-67(21-4-1)103(69-41-49-75-65(56-69)37-47-84-97-73-24-8-7-19-61(73)39-52-91(97)101(99(75)84)87-30-14-9-25-77(87)78-26-10-15-31-88(78)101)71-44-54-94-86(59-71)83-46-36-63(58-95(83)106-94)62-35-45-74-64(55-62)40-53-92-98(74)85-48-38-66-57-70(42-50-76(66)100(85)102(92)89-32-16-11-27-79(89)80-28-12-17-33-90(80)102)104(68-22-5-2-6-23-68)72-43-51-82-81-29-13-18-34-93(81)105-96(82)60-72/h1-60H. The molecule has 4 aliphatic rings. The van der Waals surface area contributed by atoms with Gasteiger partial charge < -0.3 is 18.6 Å². The average Bonchev–Trinajstić information content (AvgIpc) is 1.50. The van der Waals surface area contributed by atoms with Crippen molar-refractivity contribution in [2.75, 3.05) is 9.80 Å². The number of nitrogens with zero attached hydrogens (tertiary/aromatic N) is 2. The van der Waals surface area contributed by atoms with E-state index in [0.717, 1.165) is 89.1 Å². The lowest BCUT2D eigenvalue weighted by Gasteiger charge is -2.32. The molecule has 0 saturated carbocycles. The van der Waals surface area contributed by atoms with E-state index in [2.05, 4.69) is 362 Å². The number of rotatable bonds is 7. The van der Waals surface area contributed by atoms with Crippen molar-refractivity contribution in [1.82, 2.24) is 0 Å². The second-order valence-corrected chi connectivity index (χ2v) is 29.2. The molecule has 0 unspecified atom stereocenters. The monoisotopic (exact) mass is 1340 g/mol. The fourth-order valence-corrected chi connectivity index (χ4v) is 20.0. The van der Waals surface area contributed by atoms with Gasteiger partial charge in [0.15, 0.2) is 0 Å². The summed E-state index contributed by atoms with van der Waals surface area (Å²) in [5.41, 5.74) is 32.1. The molecule has 0 radical (unpaired) electrons. The predicted octanol–water partition coefficient (Wildman–Crippen LogP) is 27.4. The molecule has 4 aliphatic carbocycles. The maximum atomic E-state index is 6.91. The van der Waals surface area contributed by atoms with Crippen LogP contribution in [0.2, 0.25) is 0 Å². The maximum Gasteiger partial charge on any atom is 0.137 e. The Bertz CT molecular complexity index is 7150. The third-order valence-electron chi connectivity index (χ3n) is 24.2. The average molecular weight is 1350 g/mol. The summed E-state index contributed by atoms with van der Waals surface area (Å²) in [6.45, 7) is 0. The molecule has 0 bridgehead atoms. The van der Waals surface area contributed by atoms with Crippen LogP contribution in [0, 0.1) is 0 Å². The molecule has 106 heavy (non-hydrogen) atoms. The first-order chi connectivity index (χ1) is 52.5. The minimum Gasteiger partial charge on any atom is -0.456 e. The minimum absolute atomic E-state index is 0.495. The normalized spacial score (nSPS) is 13.6. The van der Waals surface area contributed by atoms with Crippen LogP contribution >= 0.6 is 0 Å². The molecular weight excluding hydrogens is 1290 g/mol. The topological polar surface area (TPSA) is 32.8 Å². The number of hydrogen-bond acceptors (Lipinski definition) is 4. The maximum absolute atomic E-state index is 6.91. The van der Waals surface area contributed by atoms with Gasteiger partial charge in [-0.3, -0.25) is 0 Å². The van der Waals surface area contributed by atoms with E-state index < -0.39 is 10.8 Å². The molecule has 0 saturated heterocycles. The van der Waals surface area contributed by atoms with Gasteiger partial charge in [-0.05, 0) is 246 Å². The zero-order valence-electron chi connectivity index (χ0n) is 57.4. The number of benzene rings is 18. The third-order valence-corrected chi connectivity index (χ3v) is 24.2. The Balaban J connectivity index is 0.617. The molecule has 0 aliphatic heterocycles. The fourth-order valence-electron chi connectivity index (χ4n) is 20.0. The number of hydrogen-bond donors (Lipinski definition) is 0. The number of furan rings is 2. The van der Waals surface area contributed by atoms with Gasteiger partial charge in [-0.15, -0.1) is 0 Å². The summed E-state index contributed by atoms with van der Waals surface area (Å²) >= 11 is 0. The first-order valence-corrected chi connectivity index (χ1v) is 36.8. The van der Waals surface area contributed by atoms with Gasteiger partial charge in [0.2, 0.25) is 0 Å². The zero-order valence-corrected chi connectivity index (χ0v) is 57.4. The van der Waals surface area contributed by atoms with Crippen molar-refractivity contribution in [3.05, 3.63) is 408 Å². The van der Waals surface area contributed by atoms with Gasteiger partial charge in [-0.2, -0.15) is 0 Å². The highest BCUT2D eigenvalue weighted by Gasteiger charge is 2.55. The first-order valence-electron chi connectivity index (χ1n) is 36.8. The molecule has 4 heteroatoms. The van der Waals surface area contributed by atoms with Crippen molar-refractivity contribution in [2.24, 2.45) is 0 Å². The van der Waals surface area contributed by atoms with Crippen LogP contribution in [-0.4, -0.2) is 0 Å². The van der Waals surface area contributed by atoms with Gasteiger partial charge in [0, 0.05) is 61.7 Å². The molecule has 4 nitrogen and oxygen atoms in total. The van der Waals surface area contributed by atoms with Gasteiger partial charge in [0.05, 0.1) is 10.8 Å². The molecule has 2 spiro atoms. The lowest BCUT2D eigenvalue weighted by molar-refractivity contribution is 0.668. The van der Waals surface area contributed by atoms with Crippen molar-refractivity contribution in [3.8, 4) is 55.6 Å². The Kier molecular flexibility index (Phi) is 11.7. The molecule has 20 aromatic rings. The molecule has 0 amide bonds. The summed E-state index contributed by atoms with van der Waals surface area (Å²) in [7, 11) is 0. The zero-order chi connectivity index (χ0) is 69.1. The highest BCUT2D eigenvalue weighted by atomic mass is 16.3. The fraction of sp³-hybridized carbons (Fsp3) is 0.0196. The molecule has 0 atom stereocenters. The van der Waals surface area contributed by atoms with Crippen molar-refractivity contribution >= 4 is 121 Å². The van der Waals surface area contributed by atoms with E-state index in [1.807, 2.05) is 12.1 Å². The highest BCUT2D eigenvalue weighted by molar-refractivity contribution is 6.15. The Morgan fingerprint density at radius 2 is 0.566 bits per heavy atom. The quantitative estimate of drug-likeness (QED) is 0.159. The Labute approximate surface area is 610 Å². The summed E-state index contributed by atoms with van der Waals surface area (Å²) in [5, 5.41) is 14.2. The van der Waals surface area contributed by atoms with Crippen molar-refractivity contribution in [2.45, 2.75) is 10.8 Å². The van der Waals surface area contributed by atoms with Gasteiger partial charge in [-0.25, -0.2) is 0 Å². The van der Waals surface area contributed by atoms with Crippen LogP contribution < -0.4 is 9.80 Å². The van der Waals surface area contributed by atoms with E-state index in [1.54, 1.807) is 0 Å². The summed E-state index contributed by atoms with van der Waals surface area (Å²) < 4.78 is 13.4. The van der Waals surface area contributed by atoms with E-state index >= 15 is 0 Å². The van der Waals surface area contributed by atoms with Crippen LogP contribution in [0.5, 0.6) is 0 Å². The van der Waals surface area contributed by atoms with Crippen LogP contribution in [0.15, 0.2) is 373 Å². The number of para-hydroxylation sites is 3. The molecule has 490 valence electrons. The van der Waals surface area contributed by atoms with Crippen LogP contribution in [-0.2, 0) is 10.8 Å². The number of anilines is 6. The number of fused-ring (bicyclic) bond motifs is 34. The van der Waals surface area contributed by atoms with E-state index in [1.165, 1.54) is 132 Å². The SMILES string of the molecule is c1ccc(N(c2ccc3c4c(ccc3c2)-c2c(ccc3cc(-c5ccc6c(c5)oc5ccc(N(c7ccccc7)c7ccc8c9c(ccc8c7)-c7c(ccc8ccccc78)C97c8ccccc8-c8ccccc87)cc56)ccc23)C42c3ccccc3-c3ccccc32)c2ccc3c(c2)oc2ccccc23)cc1. The predicted molar refractivity (Wildman–Crippen MR) is 438 cm³/mol. The van der Waals surface area contributed by atoms with Crippen LogP contribution in [0.25, 0.3) is 143 Å². The summed E-state index contributed by atoms with van der Waals surface area (Å²) in [6.07, 6.45) is 0. The molecular formula is C102H60N2O2. The van der Waals surface area contributed by atoms with Gasteiger partial charge >= 0.3 is 0 Å². The van der Waals surface area contributed by atoms with Gasteiger partial charge in [-0.1, -0.05) is 255 Å². The minimum atomic E-state index is -0.568. The van der Waals surface area contributed by atoms with Crippen LogP contribution in [0.3, 0.4) is 0 Å². The summed E-state index contributed by atoms with van der Waals surface area (Å²) in [5.74, 6) is 0. The largest absolute Gasteiger partial charge is 0.456 e. The van der Waals surface area contributed by atoms with Crippen molar-refractivity contribution in [1.29, 1.82) is 0 Å². The van der Waals surface area contributed by atoms with E-state index in [4.69, 9.17) is 8.83 Å². The molecule has 0 N–H and O–H groups in total. The van der Waals surface area contributed by atoms with Crippen molar-refractivity contribution < 1.29 is 8.83 Å². The van der Waals surface area contributed by atoms with Crippen LogP contribution in [0.4, 0.5) is 34.1 Å². The summed E-state index contributed by atoms with van der Waals surface area (Å²) in [4.78, 5) is 4.76. The molecule has 24 rings (SSSR count). The van der Waals surface area contributed by atoms with Crippen molar-refractivity contribution in [3.63, 3.8) is 0 Å². The lowest BCUT2D eigenvalue weighted by Crippen LogP contribution is -2.26. The second-order valence-electron chi connectivity index (χ2n) is 29.2. The van der Waals surface area contributed by atoms with E-state index in [9.17, 15) is 0 Å². The Hall–Kier alpha value is -13.8. The molecule has 2 aromatic heterocycles. The molecule has 18 aromatic carbocycles. The third kappa shape index (κ3) is 7.65. The second kappa shape index (κ2) is 21.4. The first kappa shape index (κ1) is 57.8. The van der Waals surface area contributed by atoms with Crippen LogP contribution in [0.1, 0.15) is 44.5 Å². The van der Waals surface area contributed by atoms with E-state index in [-0.39, 0.29) is 0 Å². The smallest absolute Gasteiger partial charge is 0.137 e. The lowest BCUT2D eigenvalue weighted by atomic mass is 9.69. The van der Waals surface area contributed by atoms with Gasteiger partial charge in [0.25, 0.3) is 0 Å². The summed E-state index contributed by atoms with van der Waals surface area (Å²) in [6, 6.07) is 136. The van der Waals surface area contributed by atoms with E-state index in [0.29, 0.717) is 0 Å². The highest BCUT2D eigenvalue weighted by Crippen LogP contribution is 2.67. The molecule has 2 heterocycles. The van der Waals surface area contributed by atoms with Gasteiger partial charge in [0.1, 0.15) is 22.3 Å². The Morgan fingerprint density at radius 1 is 0.189 bits per heavy atom. The Morgan fingerprint density at radius 3 is 1.14 bits per heavy atom. The molecule has 0 fully saturated rings.